The minimum Gasteiger partial charge on any atom is -0.346 e. The number of carbonyl (C=O) groups is 1. The van der Waals surface area contributed by atoms with E-state index in [2.05, 4.69) is 61.3 Å². The average Bonchev–Trinajstić information content (AvgIpc) is 2.66. The van der Waals surface area contributed by atoms with Crippen LogP contribution < -0.4 is 5.32 Å². The third kappa shape index (κ3) is 5.20. The second-order valence-electron chi connectivity index (χ2n) is 8.21. The molecule has 0 aliphatic carbocycles. The normalized spacial score (nSPS) is 16.9. The molecule has 1 saturated heterocycles. The number of rotatable bonds is 5. The number of nitrogens with zero attached hydrogens (tertiary/aromatic N) is 1. The van der Waals surface area contributed by atoms with Gasteiger partial charge in [-0.2, -0.15) is 0 Å². The molecule has 27 heavy (non-hydrogen) atoms. The molecule has 3 rings (SSSR count). The van der Waals surface area contributed by atoms with E-state index in [9.17, 15) is 4.79 Å². The summed E-state index contributed by atoms with van der Waals surface area (Å²) in [6.07, 6.45) is 2.58. The molecule has 1 aliphatic heterocycles. The first kappa shape index (κ1) is 19.6. The Morgan fingerprint density at radius 2 is 1.78 bits per heavy atom. The Balaban J connectivity index is 1.59. The SMILES string of the molecule is Cc1ccc(C)c([C@@H](C)NC(=O)c2ccc(CN3CCC(C)CC3)cc2)c1. The molecule has 0 radical (unpaired) electrons. The number of carbonyl (C=O) groups excluding carboxylic acids is 1. The van der Waals surface area contributed by atoms with Gasteiger partial charge < -0.3 is 5.32 Å². The monoisotopic (exact) mass is 364 g/mol. The van der Waals surface area contributed by atoms with Gasteiger partial charge in [-0.05, 0) is 81.4 Å². The lowest BCUT2D eigenvalue weighted by molar-refractivity contribution is 0.0939. The first-order chi connectivity index (χ1) is 12.9. The minimum atomic E-state index is -0.0123. The first-order valence-electron chi connectivity index (χ1n) is 10.1. The van der Waals surface area contributed by atoms with E-state index in [-0.39, 0.29) is 11.9 Å². The highest BCUT2D eigenvalue weighted by Gasteiger charge is 2.16. The Morgan fingerprint density at radius 1 is 1.11 bits per heavy atom. The van der Waals surface area contributed by atoms with Crippen LogP contribution in [0.2, 0.25) is 0 Å². The van der Waals surface area contributed by atoms with Crippen LogP contribution in [0.5, 0.6) is 0 Å². The summed E-state index contributed by atoms with van der Waals surface area (Å²) in [5.74, 6) is 0.841. The van der Waals surface area contributed by atoms with E-state index >= 15 is 0 Å². The summed E-state index contributed by atoms with van der Waals surface area (Å²) in [6, 6.07) is 14.5. The molecule has 1 aliphatic rings. The average molecular weight is 365 g/mol. The van der Waals surface area contributed by atoms with E-state index in [1.165, 1.54) is 48.2 Å². The predicted octanol–water partition coefficient (Wildman–Crippen LogP) is 5.03. The second-order valence-corrected chi connectivity index (χ2v) is 8.21. The number of aryl methyl sites for hydroxylation is 2. The zero-order valence-corrected chi connectivity index (χ0v) is 17.1. The molecule has 2 aromatic carbocycles. The summed E-state index contributed by atoms with van der Waals surface area (Å²) in [4.78, 5) is 15.2. The van der Waals surface area contributed by atoms with Gasteiger partial charge in [0.15, 0.2) is 0 Å². The quantitative estimate of drug-likeness (QED) is 0.807. The van der Waals surface area contributed by atoms with Crippen molar-refractivity contribution >= 4 is 5.91 Å². The van der Waals surface area contributed by atoms with Crippen molar-refractivity contribution in [2.75, 3.05) is 13.1 Å². The highest BCUT2D eigenvalue weighted by Crippen LogP contribution is 2.20. The van der Waals surface area contributed by atoms with Crippen molar-refractivity contribution in [1.82, 2.24) is 10.2 Å². The molecule has 3 nitrogen and oxygen atoms in total. The largest absolute Gasteiger partial charge is 0.346 e. The Labute approximate surface area is 163 Å². The number of hydrogen-bond acceptors (Lipinski definition) is 2. The zero-order chi connectivity index (χ0) is 19.4. The molecular weight excluding hydrogens is 332 g/mol. The fraction of sp³-hybridized carbons (Fsp3) is 0.458. The van der Waals surface area contributed by atoms with E-state index in [1.807, 2.05) is 19.1 Å². The van der Waals surface area contributed by atoms with Gasteiger partial charge in [0.25, 0.3) is 5.91 Å². The number of benzene rings is 2. The number of piperidine rings is 1. The van der Waals surface area contributed by atoms with Gasteiger partial charge in [-0.25, -0.2) is 0 Å². The molecule has 0 spiro atoms. The fourth-order valence-corrected chi connectivity index (χ4v) is 3.82. The first-order valence-corrected chi connectivity index (χ1v) is 10.1. The van der Waals surface area contributed by atoms with Crippen molar-refractivity contribution < 1.29 is 4.79 Å². The summed E-state index contributed by atoms with van der Waals surface area (Å²) < 4.78 is 0. The van der Waals surface area contributed by atoms with E-state index < -0.39 is 0 Å². The zero-order valence-electron chi connectivity index (χ0n) is 17.1. The molecule has 144 valence electrons. The highest BCUT2D eigenvalue weighted by molar-refractivity contribution is 5.94. The molecule has 3 heteroatoms. The Morgan fingerprint density at radius 3 is 2.44 bits per heavy atom. The lowest BCUT2D eigenvalue weighted by Gasteiger charge is -2.30. The van der Waals surface area contributed by atoms with Gasteiger partial charge in [0.1, 0.15) is 0 Å². The Bertz CT molecular complexity index is 773. The van der Waals surface area contributed by atoms with E-state index in [0.29, 0.717) is 0 Å². The van der Waals surface area contributed by atoms with Gasteiger partial charge in [-0.1, -0.05) is 42.8 Å². The molecule has 0 unspecified atom stereocenters. The summed E-state index contributed by atoms with van der Waals surface area (Å²) in [5, 5.41) is 3.14. The van der Waals surface area contributed by atoms with Gasteiger partial charge in [-0.15, -0.1) is 0 Å². The lowest BCUT2D eigenvalue weighted by atomic mass is 9.98. The molecule has 1 fully saturated rings. The van der Waals surface area contributed by atoms with Crippen LogP contribution in [0.1, 0.15) is 65.3 Å². The summed E-state index contributed by atoms with van der Waals surface area (Å²) in [7, 11) is 0. The highest BCUT2D eigenvalue weighted by atomic mass is 16.1. The molecular formula is C24H32N2O. The Kier molecular flexibility index (Phi) is 6.33. The van der Waals surface area contributed by atoms with Crippen LogP contribution in [0.25, 0.3) is 0 Å². The van der Waals surface area contributed by atoms with E-state index in [4.69, 9.17) is 0 Å². The molecule has 2 aromatic rings. The van der Waals surface area contributed by atoms with Crippen LogP contribution in [0.3, 0.4) is 0 Å². The third-order valence-corrected chi connectivity index (χ3v) is 5.75. The van der Waals surface area contributed by atoms with Crippen LogP contribution in [-0.4, -0.2) is 23.9 Å². The van der Waals surface area contributed by atoms with Crippen LogP contribution >= 0.6 is 0 Å². The molecule has 0 aromatic heterocycles. The summed E-state index contributed by atoms with van der Waals surface area (Å²) in [5.41, 5.74) is 5.61. The van der Waals surface area contributed by atoms with Gasteiger partial charge in [0.05, 0.1) is 6.04 Å². The topological polar surface area (TPSA) is 32.3 Å². The summed E-state index contributed by atoms with van der Waals surface area (Å²) in [6.45, 7) is 11.9. The Hall–Kier alpha value is -2.13. The van der Waals surface area contributed by atoms with Gasteiger partial charge >= 0.3 is 0 Å². The number of hydrogen-bond donors (Lipinski definition) is 1. The van der Waals surface area contributed by atoms with Crippen molar-refractivity contribution in [3.63, 3.8) is 0 Å². The minimum absolute atomic E-state index is 0.00702. The van der Waals surface area contributed by atoms with Gasteiger partial charge in [0, 0.05) is 12.1 Å². The van der Waals surface area contributed by atoms with Crippen molar-refractivity contribution in [3.05, 3.63) is 70.3 Å². The third-order valence-electron chi connectivity index (χ3n) is 5.75. The number of likely N-dealkylation sites (tertiary alicyclic amines) is 1. The van der Waals surface area contributed by atoms with Crippen LogP contribution in [0.4, 0.5) is 0 Å². The maximum absolute atomic E-state index is 12.6. The van der Waals surface area contributed by atoms with E-state index in [1.54, 1.807) is 0 Å². The molecule has 1 atom stereocenters. The molecule has 0 saturated carbocycles. The van der Waals surface area contributed by atoms with E-state index in [0.717, 1.165) is 18.0 Å². The molecule has 1 heterocycles. The molecule has 0 bridgehead atoms. The lowest BCUT2D eigenvalue weighted by Crippen LogP contribution is -2.32. The maximum atomic E-state index is 12.6. The van der Waals surface area contributed by atoms with Crippen LogP contribution in [-0.2, 0) is 6.54 Å². The van der Waals surface area contributed by atoms with Crippen molar-refractivity contribution in [2.24, 2.45) is 5.92 Å². The number of nitrogens with one attached hydrogen (secondary N) is 1. The van der Waals surface area contributed by atoms with Gasteiger partial charge in [0.2, 0.25) is 0 Å². The standard InChI is InChI=1S/C24H32N2O/c1-17-11-13-26(14-12-17)16-21-7-9-22(10-8-21)24(27)25-20(4)23-15-18(2)5-6-19(23)3/h5-10,15,17,20H,11-14,16H2,1-4H3,(H,25,27)/t20-/m1/s1. The maximum Gasteiger partial charge on any atom is 0.251 e. The van der Waals surface area contributed by atoms with Crippen LogP contribution in [0, 0.1) is 19.8 Å². The second kappa shape index (κ2) is 8.71. The predicted molar refractivity (Wildman–Crippen MR) is 112 cm³/mol. The fourth-order valence-electron chi connectivity index (χ4n) is 3.82. The molecule has 1 N–H and O–H groups in total. The van der Waals surface area contributed by atoms with Crippen molar-refractivity contribution in [3.8, 4) is 0 Å². The van der Waals surface area contributed by atoms with Gasteiger partial charge in [-0.3, -0.25) is 9.69 Å². The summed E-state index contributed by atoms with van der Waals surface area (Å²) >= 11 is 0. The van der Waals surface area contributed by atoms with Crippen molar-refractivity contribution in [1.29, 1.82) is 0 Å². The molecule has 1 amide bonds. The smallest absolute Gasteiger partial charge is 0.251 e. The number of amides is 1. The van der Waals surface area contributed by atoms with Crippen molar-refractivity contribution in [2.45, 2.75) is 53.1 Å². The van der Waals surface area contributed by atoms with Crippen LogP contribution in [0.15, 0.2) is 42.5 Å².